The van der Waals surface area contributed by atoms with Crippen LogP contribution in [0.15, 0.2) is 48.5 Å². The third-order valence-corrected chi connectivity index (χ3v) is 4.08. The Morgan fingerprint density at radius 2 is 1.84 bits per heavy atom. The molecule has 1 heterocycles. The zero-order valence-corrected chi connectivity index (χ0v) is 14.2. The van der Waals surface area contributed by atoms with E-state index in [4.69, 9.17) is 14.2 Å². The number of para-hydroxylation sites is 2. The molecule has 1 aliphatic heterocycles. The van der Waals surface area contributed by atoms with Gasteiger partial charge in [0.05, 0.1) is 6.61 Å². The predicted octanol–water partition coefficient (Wildman–Crippen LogP) is 4.22. The number of unbranched alkanes of at least 4 members (excludes halogenated alkanes) is 2. The number of ether oxygens (including phenoxy) is 3. The number of hydrogen-bond acceptors (Lipinski definition) is 4. The van der Waals surface area contributed by atoms with Gasteiger partial charge in [0.2, 0.25) is 6.10 Å². The SMILES string of the molecule is CCCCCOc1cccc(C2Oc3ccccc3OC2C(=O)O)c1. The normalized spacial score (nSPS) is 18.6. The molecule has 1 aliphatic rings. The van der Waals surface area contributed by atoms with Crippen LogP contribution in [0.3, 0.4) is 0 Å². The van der Waals surface area contributed by atoms with E-state index in [1.165, 1.54) is 0 Å². The van der Waals surface area contributed by atoms with Gasteiger partial charge in [0.15, 0.2) is 17.6 Å². The second kappa shape index (κ2) is 7.92. The first kappa shape index (κ1) is 17.1. The highest BCUT2D eigenvalue weighted by atomic mass is 16.6. The maximum absolute atomic E-state index is 11.6. The molecule has 0 amide bonds. The van der Waals surface area contributed by atoms with Gasteiger partial charge in [0.25, 0.3) is 0 Å². The second-order valence-electron chi connectivity index (χ2n) is 5.99. The summed E-state index contributed by atoms with van der Waals surface area (Å²) >= 11 is 0. The third-order valence-electron chi connectivity index (χ3n) is 4.08. The monoisotopic (exact) mass is 342 g/mol. The number of carboxylic acid groups (broad SMARTS) is 1. The van der Waals surface area contributed by atoms with E-state index in [1.54, 1.807) is 18.2 Å². The smallest absolute Gasteiger partial charge is 0.349 e. The zero-order valence-electron chi connectivity index (χ0n) is 14.2. The van der Waals surface area contributed by atoms with Crippen LogP contribution in [0, 0.1) is 0 Å². The number of fused-ring (bicyclic) bond motifs is 1. The fraction of sp³-hybridized carbons (Fsp3) is 0.350. The van der Waals surface area contributed by atoms with Crippen LogP contribution in [0.5, 0.6) is 17.2 Å². The van der Waals surface area contributed by atoms with Crippen molar-refractivity contribution >= 4 is 5.97 Å². The van der Waals surface area contributed by atoms with Gasteiger partial charge in [-0.15, -0.1) is 0 Å². The molecule has 2 aromatic carbocycles. The maximum Gasteiger partial charge on any atom is 0.349 e. The van der Waals surface area contributed by atoms with Crippen molar-refractivity contribution in [2.24, 2.45) is 0 Å². The molecule has 25 heavy (non-hydrogen) atoms. The number of aliphatic carboxylic acids is 1. The highest BCUT2D eigenvalue weighted by Crippen LogP contribution is 2.39. The molecule has 0 aromatic heterocycles. The quantitative estimate of drug-likeness (QED) is 0.763. The lowest BCUT2D eigenvalue weighted by Crippen LogP contribution is -2.39. The zero-order chi connectivity index (χ0) is 17.6. The van der Waals surface area contributed by atoms with Crippen LogP contribution in [-0.2, 0) is 4.79 Å². The Bertz CT molecular complexity index is 728. The van der Waals surface area contributed by atoms with Crippen LogP contribution < -0.4 is 14.2 Å². The number of carbonyl (C=O) groups is 1. The van der Waals surface area contributed by atoms with Crippen molar-refractivity contribution in [3.63, 3.8) is 0 Å². The van der Waals surface area contributed by atoms with Crippen LogP contribution in [0.4, 0.5) is 0 Å². The topological polar surface area (TPSA) is 65.0 Å². The van der Waals surface area contributed by atoms with Crippen molar-refractivity contribution in [1.29, 1.82) is 0 Å². The molecule has 132 valence electrons. The lowest BCUT2D eigenvalue weighted by Gasteiger charge is -2.32. The van der Waals surface area contributed by atoms with Gasteiger partial charge in [-0.3, -0.25) is 0 Å². The molecule has 5 nitrogen and oxygen atoms in total. The summed E-state index contributed by atoms with van der Waals surface area (Å²) in [5, 5.41) is 9.53. The maximum atomic E-state index is 11.6. The average molecular weight is 342 g/mol. The summed E-state index contributed by atoms with van der Waals surface area (Å²) in [6.07, 6.45) is 1.42. The van der Waals surface area contributed by atoms with Crippen LogP contribution >= 0.6 is 0 Å². The molecule has 0 fully saturated rings. The fourth-order valence-corrected chi connectivity index (χ4v) is 2.79. The van der Waals surface area contributed by atoms with E-state index >= 15 is 0 Å². The summed E-state index contributed by atoms with van der Waals surface area (Å²) < 4.78 is 17.3. The first-order chi connectivity index (χ1) is 12.2. The summed E-state index contributed by atoms with van der Waals surface area (Å²) in [7, 11) is 0. The molecule has 0 radical (unpaired) electrons. The Kier molecular flexibility index (Phi) is 5.43. The minimum atomic E-state index is -1.11. The molecule has 0 spiro atoms. The largest absolute Gasteiger partial charge is 0.494 e. The van der Waals surface area contributed by atoms with Crippen molar-refractivity contribution in [2.45, 2.75) is 38.4 Å². The third kappa shape index (κ3) is 4.05. The van der Waals surface area contributed by atoms with Gasteiger partial charge in [0, 0.05) is 5.56 Å². The Hall–Kier alpha value is -2.69. The number of rotatable bonds is 7. The average Bonchev–Trinajstić information content (AvgIpc) is 2.64. The molecule has 0 aliphatic carbocycles. The Labute approximate surface area is 147 Å². The van der Waals surface area contributed by atoms with Crippen LogP contribution in [-0.4, -0.2) is 23.8 Å². The van der Waals surface area contributed by atoms with Crippen molar-refractivity contribution in [3.8, 4) is 17.2 Å². The molecule has 5 heteroatoms. The molecule has 0 saturated heterocycles. The van der Waals surface area contributed by atoms with Crippen LogP contribution in [0.2, 0.25) is 0 Å². The Balaban J connectivity index is 1.80. The van der Waals surface area contributed by atoms with Crippen molar-refractivity contribution in [1.82, 2.24) is 0 Å². The number of carboxylic acids is 1. The lowest BCUT2D eigenvalue weighted by atomic mass is 10.0. The summed E-state index contributed by atoms with van der Waals surface area (Å²) in [5.74, 6) is 0.631. The molecular weight excluding hydrogens is 320 g/mol. The molecule has 3 rings (SSSR count). The lowest BCUT2D eigenvalue weighted by molar-refractivity contribution is -0.151. The Morgan fingerprint density at radius 3 is 2.56 bits per heavy atom. The van der Waals surface area contributed by atoms with Crippen molar-refractivity contribution in [2.75, 3.05) is 6.61 Å². The van der Waals surface area contributed by atoms with Crippen molar-refractivity contribution in [3.05, 3.63) is 54.1 Å². The van der Waals surface area contributed by atoms with E-state index in [0.29, 0.717) is 23.9 Å². The van der Waals surface area contributed by atoms with E-state index in [-0.39, 0.29) is 0 Å². The van der Waals surface area contributed by atoms with Gasteiger partial charge >= 0.3 is 5.97 Å². The molecule has 2 unspecified atom stereocenters. The standard InChI is InChI=1S/C20H22O5/c1-2-3-6-12-23-15-9-7-8-14(13-15)18-19(20(21)22)25-17-11-5-4-10-16(17)24-18/h4-5,7-11,13,18-19H,2-3,6,12H2,1H3,(H,21,22). The van der Waals surface area contributed by atoms with Gasteiger partial charge < -0.3 is 19.3 Å². The highest BCUT2D eigenvalue weighted by molar-refractivity contribution is 5.75. The van der Waals surface area contributed by atoms with E-state index in [0.717, 1.165) is 24.8 Å². The summed E-state index contributed by atoms with van der Waals surface area (Å²) in [4.78, 5) is 11.6. The molecule has 2 atom stereocenters. The highest BCUT2D eigenvalue weighted by Gasteiger charge is 2.38. The number of benzene rings is 2. The summed E-state index contributed by atoms with van der Waals surface area (Å²) in [6, 6.07) is 14.4. The van der Waals surface area contributed by atoms with Crippen LogP contribution in [0.1, 0.15) is 37.9 Å². The van der Waals surface area contributed by atoms with Crippen molar-refractivity contribution < 1.29 is 24.1 Å². The first-order valence-corrected chi connectivity index (χ1v) is 8.57. The van der Waals surface area contributed by atoms with Gasteiger partial charge in [-0.05, 0) is 30.7 Å². The molecule has 0 saturated carbocycles. The van der Waals surface area contributed by atoms with Gasteiger partial charge in [-0.2, -0.15) is 0 Å². The summed E-state index contributed by atoms with van der Waals surface area (Å²) in [5.41, 5.74) is 0.717. The first-order valence-electron chi connectivity index (χ1n) is 8.57. The molecule has 0 bridgehead atoms. The van der Waals surface area contributed by atoms with E-state index in [2.05, 4.69) is 6.92 Å². The number of hydrogen-bond donors (Lipinski definition) is 1. The minimum absolute atomic E-state index is 0.443. The van der Waals surface area contributed by atoms with Gasteiger partial charge in [-0.25, -0.2) is 4.79 Å². The van der Waals surface area contributed by atoms with Gasteiger partial charge in [0.1, 0.15) is 5.75 Å². The Morgan fingerprint density at radius 1 is 1.08 bits per heavy atom. The minimum Gasteiger partial charge on any atom is -0.494 e. The van der Waals surface area contributed by atoms with E-state index in [9.17, 15) is 9.90 Å². The van der Waals surface area contributed by atoms with Gasteiger partial charge in [-0.1, -0.05) is 44.0 Å². The van der Waals surface area contributed by atoms with E-state index in [1.807, 2.05) is 30.3 Å². The predicted molar refractivity (Wildman–Crippen MR) is 93.3 cm³/mol. The second-order valence-corrected chi connectivity index (χ2v) is 5.99. The van der Waals surface area contributed by atoms with Crippen LogP contribution in [0.25, 0.3) is 0 Å². The molecule has 1 N–H and O–H groups in total. The molecule has 2 aromatic rings. The molecular formula is C20H22O5. The fourth-order valence-electron chi connectivity index (χ4n) is 2.79. The summed E-state index contributed by atoms with van der Waals surface area (Å²) in [6.45, 7) is 2.79. The van der Waals surface area contributed by atoms with E-state index < -0.39 is 18.2 Å².